The van der Waals surface area contributed by atoms with Crippen molar-refractivity contribution in [3.8, 4) is 0 Å². The molecule has 2 N–H and O–H groups in total. The van der Waals surface area contributed by atoms with E-state index in [1.54, 1.807) is 0 Å². The van der Waals surface area contributed by atoms with Crippen LogP contribution in [0, 0.1) is 5.92 Å². The molecule has 1 unspecified atom stereocenters. The minimum atomic E-state index is 0.0968. The van der Waals surface area contributed by atoms with Gasteiger partial charge in [0.25, 0.3) is 0 Å². The number of anilines is 1. The van der Waals surface area contributed by atoms with Crippen LogP contribution >= 0.6 is 15.9 Å². The Labute approximate surface area is 119 Å². The van der Waals surface area contributed by atoms with Crippen LogP contribution in [0.15, 0.2) is 22.7 Å². The average molecular weight is 311 g/mol. The van der Waals surface area contributed by atoms with Crippen LogP contribution in [0.2, 0.25) is 0 Å². The largest absolute Gasteiger partial charge is 0.371 e. The van der Waals surface area contributed by atoms with Crippen molar-refractivity contribution < 1.29 is 0 Å². The summed E-state index contributed by atoms with van der Waals surface area (Å²) in [6.45, 7) is 6.71. The summed E-state index contributed by atoms with van der Waals surface area (Å²) in [5, 5.41) is 0. The summed E-state index contributed by atoms with van der Waals surface area (Å²) in [6, 6.07) is 6.62. The number of nitrogens with two attached hydrogens (primary N) is 1. The smallest absolute Gasteiger partial charge is 0.0510 e. The van der Waals surface area contributed by atoms with Gasteiger partial charge in [0.2, 0.25) is 0 Å². The molecule has 1 saturated heterocycles. The molecule has 1 aromatic rings. The van der Waals surface area contributed by atoms with E-state index in [-0.39, 0.29) is 6.04 Å². The number of hydrogen-bond acceptors (Lipinski definition) is 2. The number of rotatable bonds is 2. The van der Waals surface area contributed by atoms with Crippen LogP contribution in [0.25, 0.3) is 0 Å². The van der Waals surface area contributed by atoms with E-state index in [0.717, 1.165) is 12.5 Å². The van der Waals surface area contributed by atoms with Gasteiger partial charge in [-0.2, -0.15) is 0 Å². The molecule has 1 aliphatic rings. The zero-order valence-electron chi connectivity index (χ0n) is 11.3. The van der Waals surface area contributed by atoms with E-state index < -0.39 is 0 Å². The number of hydrogen-bond donors (Lipinski definition) is 1. The molecular weight excluding hydrogens is 288 g/mol. The molecule has 0 saturated carbocycles. The first-order valence-corrected chi connectivity index (χ1v) is 7.67. The van der Waals surface area contributed by atoms with Crippen LogP contribution < -0.4 is 10.6 Å². The SMILES string of the molecule is CC1CCCN(c2ccc([C@@H](C)N)cc2Br)CC1. The van der Waals surface area contributed by atoms with Gasteiger partial charge in [-0.05, 0) is 65.7 Å². The Hall–Kier alpha value is -0.540. The molecule has 0 aliphatic carbocycles. The third-order valence-electron chi connectivity index (χ3n) is 3.85. The van der Waals surface area contributed by atoms with Gasteiger partial charge in [-0.3, -0.25) is 0 Å². The maximum absolute atomic E-state index is 5.92. The first-order valence-electron chi connectivity index (χ1n) is 6.88. The van der Waals surface area contributed by atoms with Crippen molar-refractivity contribution in [3.05, 3.63) is 28.2 Å². The van der Waals surface area contributed by atoms with Gasteiger partial charge in [-0.25, -0.2) is 0 Å². The Morgan fingerprint density at radius 2 is 2.11 bits per heavy atom. The van der Waals surface area contributed by atoms with E-state index in [1.807, 2.05) is 6.92 Å². The molecule has 100 valence electrons. The fraction of sp³-hybridized carbons (Fsp3) is 0.600. The lowest BCUT2D eigenvalue weighted by molar-refractivity contribution is 0.521. The lowest BCUT2D eigenvalue weighted by Gasteiger charge is -2.24. The first-order chi connectivity index (χ1) is 8.58. The maximum atomic E-state index is 5.92. The van der Waals surface area contributed by atoms with Crippen molar-refractivity contribution in [2.45, 2.75) is 39.2 Å². The van der Waals surface area contributed by atoms with Gasteiger partial charge in [0.05, 0.1) is 5.69 Å². The van der Waals surface area contributed by atoms with Gasteiger partial charge in [-0.15, -0.1) is 0 Å². The van der Waals surface area contributed by atoms with E-state index in [2.05, 4.69) is 46.0 Å². The highest BCUT2D eigenvalue weighted by Gasteiger charge is 2.16. The molecule has 2 nitrogen and oxygen atoms in total. The highest BCUT2D eigenvalue weighted by Crippen LogP contribution is 2.31. The topological polar surface area (TPSA) is 29.3 Å². The zero-order valence-corrected chi connectivity index (χ0v) is 12.9. The van der Waals surface area contributed by atoms with E-state index in [9.17, 15) is 0 Å². The summed E-state index contributed by atoms with van der Waals surface area (Å²) in [5.74, 6) is 0.858. The van der Waals surface area contributed by atoms with Crippen LogP contribution in [0.5, 0.6) is 0 Å². The second-order valence-electron chi connectivity index (χ2n) is 5.52. The fourth-order valence-corrected chi connectivity index (χ4v) is 3.21. The second-order valence-corrected chi connectivity index (χ2v) is 6.38. The van der Waals surface area contributed by atoms with Crippen LogP contribution in [0.3, 0.4) is 0 Å². The Balaban J connectivity index is 2.17. The van der Waals surface area contributed by atoms with Gasteiger partial charge < -0.3 is 10.6 Å². The van der Waals surface area contributed by atoms with Gasteiger partial charge >= 0.3 is 0 Å². The van der Waals surface area contributed by atoms with Crippen LogP contribution in [0.1, 0.15) is 44.7 Å². The second kappa shape index (κ2) is 6.07. The molecule has 3 heteroatoms. The van der Waals surface area contributed by atoms with E-state index in [1.165, 1.54) is 41.5 Å². The molecule has 18 heavy (non-hydrogen) atoms. The zero-order chi connectivity index (χ0) is 13.1. The minimum Gasteiger partial charge on any atom is -0.371 e. The number of nitrogens with zero attached hydrogens (tertiary/aromatic N) is 1. The highest BCUT2D eigenvalue weighted by molar-refractivity contribution is 9.10. The highest BCUT2D eigenvalue weighted by atomic mass is 79.9. The van der Waals surface area contributed by atoms with Crippen LogP contribution in [-0.4, -0.2) is 13.1 Å². The van der Waals surface area contributed by atoms with Crippen LogP contribution in [-0.2, 0) is 0 Å². The van der Waals surface area contributed by atoms with Gasteiger partial charge in [-0.1, -0.05) is 13.0 Å². The maximum Gasteiger partial charge on any atom is 0.0510 e. The Bertz CT molecular complexity index is 403. The fourth-order valence-electron chi connectivity index (χ4n) is 2.57. The van der Waals surface area contributed by atoms with E-state index >= 15 is 0 Å². The van der Waals surface area contributed by atoms with Crippen LogP contribution in [0.4, 0.5) is 5.69 Å². The summed E-state index contributed by atoms with van der Waals surface area (Å²) in [7, 11) is 0. The molecular formula is C15H23BrN2. The van der Waals surface area contributed by atoms with Gasteiger partial charge in [0, 0.05) is 23.6 Å². The molecule has 0 aromatic heterocycles. The monoisotopic (exact) mass is 310 g/mol. The summed E-state index contributed by atoms with van der Waals surface area (Å²) in [4.78, 5) is 2.50. The Morgan fingerprint density at radius 3 is 2.78 bits per heavy atom. The first kappa shape index (κ1) is 13.9. The number of benzene rings is 1. The van der Waals surface area contributed by atoms with E-state index in [4.69, 9.17) is 5.73 Å². The molecule has 0 amide bonds. The third kappa shape index (κ3) is 3.27. The summed E-state index contributed by atoms with van der Waals surface area (Å²) in [5.41, 5.74) is 8.42. The molecule has 1 heterocycles. The number of halogens is 1. The molecule has 1 fully saturated rings. The predicted octanol–water partition coefficient (Wildman–Crippen LogP) is 4.10. The summed E-state index contributed by atoms with van der Waals surface area (Å²) in [6.07, 6.45) is 3.94. The van der Waals surface area contributed by atoms with Crippen molar-refractivity contribution in [1.29, 1.82) is 0 Å². The Kier molecular flexibility index (Phi) is 4.68. The molecule has 0 bridgehead atoms. The van der Waals surface area contributed by atoms with Gasteiger partial charge in [0.1, 0.15) is 0 Å². The minimum absolute atomic E-state index is 0.0968. The molecule has 0 radical (unpaired) electrons. The van der Waals surface area contributed by atoms with Crippen molar-refractivity contribution in [2.24, 2.45) is 11.7 Å². The normalized spacial score (nSPS) is 22.7. The Morgan fingerprint density at radius 1 is 1.33 bits per heavy atom. The average Bonchev–Trinajstić information content (AvgIpc) is 2.54. The van der Waals surface area contributed by atoms with Crippen molar-refractivity contribution in [2.75, 3.05) is 18.0 Å². The summed E-state index contributed by atoms with van der Waals surface area (Å²) < 4.78 is 1.17. The quantitative estimate of drug-likeness (QED) is 0.891. The molecule has 1 aromatic carbocycles. The standard InChI is InChI=1S/C15H23BrN2/c1-11-4-3-8-18(9-7-11)15-6-5-13(12(2)17)10-14(15)16/h5-6,10-12H,3-4,7-9,17H2,1-2H3/t11?,12-/m1/s1. The molecule has 2 rings (SSSR count). The van der Waals surface area contributed by atoms with Crippen molar-refractivity contribution >= 4 is 21.6 Å². The van der Waals surface area contributed by atoms with Gasteiger partial charge in [0.15, 0.2) is 0 Å². The lowest BCUT2D eigenvalue weighted by Crippen LogP contribution is -2.24. The molecule has 0 spiro atoms. The lowest BCUT2D eigenvalue weighted by atomic mass is 10.0. The van der Waals surface area contributed by atoms with Crippen molar-refractivity contribution in [3.63, 3.8) is 0 Å². The molecule has 1 aliphatic heterocycles. The van der Waals surface area contributed by atoms with Crippen molar-refractivity contribution in [1.82, 2.24) is 0 Å². The predicted molar refractivity (Wildman–Crippen MR) is 82.0 cm³/mol. The third-order valence-corrected chi connectivity index (χ3v) is 4.49. The summed E-state index contributed by atoms with van der Waals surface area (Å²) >= 11 is 3.69. The molecule has 2 atom stereocenters. The van der Waals surface area contributed by atoms with E-state index in [0.29, 0.717) is 0 Å².